The Bertz CT molecular complexity index is 836. The fraction of sp³-hybridized carbons (Fsp3) is 0.480. The van der Waals surface area contributed by atoms with Crippen LogP contribution in [-0.2, 0) is 11.3 Å². The van der Waals surface area contributed by atoms with Crippen LogP contribution in [0.2, 0.25) is 0 Å². The maximum Gasteiger partial charge on any atom is 0.262 e. The molecule has 0 saturated carbocycles. The van der Waals surface area contributed by atoms with Crippen LogP contribution in [0.5, 0.6) is 5.75 Å². The van der Waals surface area contributed by atoms with Crippen LogP contribution in [0.4, 0.5) is 5.69 Å². The molecule has 0 aromatic heterocycles. The lowest BCUT2D eigenvalue weighted by Gasteiger charge is -2.33. The van der Waals surface area contributed by atoms with E-state index < -0.39 is 0 Å². The Morgan fingerprint density at radius 3 is 2.48 bits per heavy atom. The summed E-state index contributed by atoms with van der Waals surface area (Å²) >= 11 is 4.02. The van der Waals surface area contributed by atoms with Crippen molar-refractivity contribution in [2.24, 2.45) is 0 Å². The molecule has 0 radical (unpaired) electrons. The van der Waals surface area contributed by atoms with Crippen molar-refractivity contribution in [3.63, 3.8) is 0 Å². The first-order chi connectivity index (χ1) is 15.2. The molecule has 2 heterocycles. The van der Waals surface area contributed by atoms with E-state index in [0.717, 1.165) is 18.0 Å². The Balaban J connectivity index is 1.22. The maximum absolute atomic E-state index is 12.3. The van der Waals surface area contributed by atoms with Crippen molar-refractivity contribution >= 4 is 35.1 Å². The van der Waals surface area contributed by atoms with Gasteiger partial charge in [-0.25, -0.2) is 0 Å². The monoisotopic (exact) mass is 456 g/mol. The van der Waals surface area contributed by atoms with E-state index in [-0.39, 0.29) is 12.5 Å². The van der Waals surface area contributed by atoms with Gasteiger partial charge in [0, 0.05) is 18.3 Å². The summed E-state index contributed by atoms with van der Waals surface area (Å²) in [5.41, 5.74) is 3.42. The molecule has 6 heteroatoms. The normalized spacial score (nSPS) is 20.4. The van der Waals surface area contributed by atoms with E-state index >= 15 is 0 Å². The van der Waals surface area contributed by atoms with E-state index in [4.69, 9.17) is 4.74 Å². The summed E-state index contributed by atoms with van der Waals surface area (Å²) < 4.78 is 6.21. The van der Waals surface area contributed by atoms with Crippen LogP contribution < -0.4 is 10.1 Å². The van der Waals surface area contributed by atoms with Crippen molar-refractivity contribution in [2.75, 3.05) is 30.0 Å². The highest BCUT2D eigenvalue weighted by Gasteiger charge is 2.18. The van der Waals surface area contributed by atoms with E-state index in [2.05, 4.69) is 41.4 Å². The van der Waals surface area contributed by atoms with Crippen LogP contribution in [0.1, 0.15) is 48.3 Å². The van der Waals surface area contributed by atoms with Gasteiger partial charge in [0.2, 0.25) is 0 Å². The summed E-state index contributed by atoms with van der Waals surface area (Å²) in [7, 11) is 0. The van der Waals surface area contributed by atoms with Gasteiger partial charge in [0.05, 0.1) is 4.58 Å². The molecular formula is C25H32N2O2S2. The fourth-order valence-electron chi connectivity index (χ4n) is 4.07. The summed E-state index contributed by atoms with van der Waals surface area (Å²) in [5, 5.41) is 2.93. The highest BCUT2D eigenvalue weighted by atomic mass is 32.2. The molecular weight excluding hydrogens is 424 g/mol. The number of likely N-dealkylation sites (tertiary alicyclic amines) is 1. The standard InChI is InChI=1S/C25H32N2O2S2/c1-19-5-2-3-14-27(19)17-20-6-10-22(11-7-20)26-24(28)18-29-23-12-8-21(9-13-23)25-30-15-4-16-31-25/h6-13,19,25H,2-5,14-18H2,1H3,(H,26,28). The van der Waals surface area contributed by atoms with Crippen molar-refractivity contribution in [1.29, 1.82) is 0 Å². The number of carbonyl (C=O) groups is 1. The minimum absolute atomic E-state index is 0.0132. The highest BCUT2D eigenvalue weighted by Crippen LogP contribution is 2.43. The van der Waals surface area contributed by atoms with Gasteiger partial charge in [-0.1, -0.05) is 30.7 Å². The Hall–Kier alpha value is -1.63. The zero-order valence-corrected chi connectivity index (χ0v) is 19.9. The van der Waals surface area contributed by atoms with Gasteiger partial charge in [0.1, 0.15) is 5.75 Å². The molecule has 1 unspecified atom stereocenters. The summed E-state index contributed by atoms with van der Waals surface area (Å²) in [5.74, 6) is 3.05. The number of hydrogen-bond acceptors (Lipinski definition) is 5. The van der Waals surface area contributed by atoms with Crippen molar-refractivity contribution in [1.82, 2.24) is 4.90 Å². The largest absolute Gasteiger partial charge is 0.484 e. The molecule has 2 aliphatic rings. The second-order valence-electron chi connectivity index (χ2n) is 8.35. The third kappa shape index (κ3) is 6.67. The summed E-state index contributed by atoms with van der Waals surface area (Å²) in [6, 6.07) is 17.0. The quantitative estimate of drug-likeness (QED) is 0.558. The van der Waals surface area contributed by atoms with Crippen molar-refractivity contribution in [3.05, 3.63) is 59.7 Å². The Morgan fingerprint density at radius 2 is 1.77 bits per heavy atom. The molecule has 4 rings (SSSR count). The molecule has 1 N–H and O–H groups in total. The lowest BCUT2D eigenvalue weighted by atomic mass is 10.0. The summed E-state index contributed by atoms with van der Waals surface area (Å²) in [6.45, 7) is 4.48. The van der Waals surface area contributed by atoms with Crippen molar-refractivity contribution in [2.45, 2.75) is 49.8 Å². The molecule has 2 aliphatic heterocycles. The van der Waals surface area contributed by atoms with Gasteiger partial charge in [-0.05, 0) is 79.6 Å². The molecule has 166 valence electrons. The van der Waals surface area contributed by atoms with E-state index in [1.807, 2.05) is 47.8 Å². The topological polar surface area (TPSA) is 41.6 Å². The number of thioether (sulfide) groups is 2. The van der Waals surface area contributed by atoms with E-state index in [1.165, 1.54) is 54.9 Å². The number of amides is 1. The van der Waals surface area contributed by atoms with Gasteiger partial charge < -0.3 is 10.1 Å². The molecule has 2 aromatic carbocycles. The smallest absolute Gasteiger partial charge is 0.262 e. The lowest BCUT2D eigenvalue weighted by molar-refractivity contribution is -0.118. The van der Waals surface area contributed by atoms with Crippen LogP contribution >= 0.6 is 23.5 Å². The van der Waals surface area contributed by atoms with Crippen LogP contribution in [0.15, 0.2) is 48.5 Å². The molecule has 0 spiro atoms. The van der Waals surface area contributed by atoms with E-state index in [1.54, 1.807) is 0 Å². The fourth-order valence-corrected chi connectivity index (χ4v) is 6.96. The Morgan fingerprint density at radius 1 is 1.03 bits per heavy atom. The van der Waals surface area contributed by atoms with Gasteiger partial charge in [-0.15, -0.1) is 23.5 Å². The Labute approximate surface area is 194 Å². The minimum Gasteiger partial charge on any atom is -0.484 e. The Kier molecular flexibility index (Phi) is 8.22. The predicted octanol–water partition coefficient (Wildman–Crippen LogP) is 5.95. The molecule has 31 heavy (non-hydrogen) atoms. The number of ether oxygens (including phenoxy) is 1. The van der Waals surface area contributed by atoms with Crippen LogP contribution in [0, 0.1) is 0 Å². The lowest BCUT2D eigenvalue weighted by Crippen LogP contribution is -2.36. The number of carbonyl (C=O) groups excluding carboxylic acids is 1. The number of benzene rings is 2. The zero-order valence-electron chi connectivity index (χ0n) is 18.2. The van der Waals surface area contributed by atoms with Gasteiger partial charge in [-0.3, -0.25) is 9.69 Å². The number of piperidine rings is 1. The maximum atomic E-state index is 12.3. The zero-order chi connectivity index (χ0) is 21.5. The molecule has 0 aliphatic carbocycles. The van der Waals surface area contributed by atoms with Crippen molar-refractivity contribution < 1.29 is 9.53 Å². The number of rotatable bonds is 7. The number of hydrogen-bond donors (Lipinski definition) is 1. The second-order valence-corrected chi connectivity index (χ2v) is 11.1. The number of anilines is 1. The molecule has 2 saturated heterocycles. The van der Waals surface area contributed by atoms with Gasteiger partial charge in [0.15, 0.2) is 6.61 Å². The average molecular weight is 457 g/mol. The minimum atomic E-state index is -0.139. The van der Waals surface area contributed by atoms with Crippen LogP contribution in [0.25, 0.3) is 0 Å². The highest BCUT2D eigenvalue weighted by molar-refractivity contribution is 8.16. The van der Waals surface area contributed by atoms with E-state index in [0.29, 0.717) is 10.6 Å². The molecule has 0 bridgehead atoms. The van der Waals surface area contributed by atoms with Gasteiger partial charge in [0.25, 0.3) is 5.91 Å². The van der Waals surface area contributed by atoms with Crippen molar-refractivity contribution in [3.8, 4) is 5.75 Å². The van der Waals surface area contributed by atoms with Gasteiger partial charge in [-0.2, -0.15) is 0 Å². The van der Waals surface area contributed by atoms with Crippen LogP contribution in [-0.4, -0.2) is 41.5 Å². The predicted molar refractivity (Wildman–Crippen MR) is 133 cm³/mol. The van der Waals surface area contributed by atoms with E-state index in [9.17, 15) is 4.79 Å². The average Bonchev–Trinajstić information content (AvgIpc) is 2.81. The molecule has 4 nitrogen and oxygen atoms in total. The van der Waals surface area contributed by atoms with Gasteiger partial charge >= 0.3 is 0 Å². The van der Waals surface area contributed by atoms with Crippen LogP contribution in [0.3, 0.4) is 0 Å². The number of nitrogens with one attached hydrogen (secondary N) is 1. The molecule has 2 fully saturated rings. The first-order valence-corrected chi connectivity index (χ1v) is 13.4. The third-order valence-corrected chi connectivity index (χ3v) is 8.93. The SMILES string of the molecule is CC1CCCCN1Cc1ccc(NC(=O)COc2ccc(C3SCCCS3)cc2)cc1. The molecule has 1 amide bonds. The molecule has 2 aromatic rings. The number of nitrogens with zero attached hydrogens (tertiary/aromatic N) is 1. The third-order valence-electron chi connectivity index (χ3n) is 5.91. The molecule has 1 atom stereocenters. The first-order valence-electron chi connectivity index (χ1n) is 11.3. The summed E-state index contributed by atoms with van der Waals surface area (Å²) in [6.07, 6.45) is 5.21. The summed E-state index contributed by atoms with van der Waals surface area (Å²) in [4.78, 5) is 14.8. The second kappa shape index (κ2) is 11.3. The first kappa shape index (κ1) is 22.6.